The molecular weight excluding hydrogens is 298 g/mol. The van der Waals surface area contributed by atoms with Crippen LogP contribution in [0, 0.1) is 0 Å². The summed E-state index contributed by atoms with van der Waals surface area (Å²) in [6, 6.07) is 3.57. The number of aliphatic hydroxyl groups excluding tert-OH is 1. The van der Waals surface area contributed by atoms with E-state index in [1.54, 1.807) is 7.05 Å². The van der Waals surface area contributed by atoms with Crippen LogP contribution in [0.25, 0.3) is 0 Å². The standard InChI is InChI=1S/C12H16BrN3O2/c1-14-11-7-5-8(13)10(16(2)3-4-17)6-9(7)15-12(11)18/h5-6,11,14,17H,3-4H2,1-2H3,(H,15,18). The summed E-state index contributed by atoms with van der Waals surface area (Å²) in [6.07, 6.45) is 0. The van der Waals surface area contributed by atoms with Crippen LogP contribution in [0.2, 0.25) is 0 Å². The first-order chi connectivity index (χ1) is 8.58. The van der Waals surface area contributed by atoms with E-state index in [4.69, 9.17) is 5.11 Å². The number of hydrogen-bond acceptors (Lipinski definition) is 4. The minimum Gasteiger partial charge on any atom is -0.395 e. The first-order valence-electron chi connectivity index (χ1n) is 5.72. The summed E-state index contributed by atoms with van der Waals surface area (Å²) in [6.45, 7) is 0.631. The lowest BCUT2D eigenvalue weighted by Crippen LogP contribution is -2.23. The molecule has 0 bridgehead atoms. The highest BCUT2D eigenvalue weighted by atomic mass is 79.9. The van der Waals surface area contributed by atoms with Gasteiger partial charge in [0.1, 0.15) is 6.04 Å². The maximum absolute atomic E-state index is 11.7. The molecule has 1 aliphatic rings. The highest BCUT2D eigenvalue weighted by molar-refractivity contribution is 9.10. The maximum Gasteiger partial charge on any atom is 0.246 e. The molecule has 2 rings (SSSR count). The van der Waals surface area contributed by atoms with Crippen LogP contribution in [0.15, 0.2) is 16.6 Å². The number of fused-ring (bicyclic) bond motifs is 1. The number of rotatable bonds is 4. The Labute approximate surface area is 114 Å². The molecule has 98 valence electrons. The number of halogens is 1. The Balaban J connectivity index is 2.39. The molecule has 1 amide bonds. The molecule has 0 saturated heterocycles. The molecule has 0 aliphatic carbocycles. The summed E-state index contributed by atoms with van der Waals surface area (Å²) in [4.78, 5) is 13.7. The van der Waals surface area contributed by atoms with E-state index in [1.165, 1.54) is 0 Å². The van der Waals surface area contributed by atoms with Gasteiger partial charge < -0.3 is 20.6 Å². The van der Waals surface area contributed by atoms with Gasteiger partial charge in [-0.3, -0.25) is 4.79 Å². The van der Waals surface area contributed by atoms with Crippen molar-refractivity contribution in [2.45, 2.75) is 6.04 Å². The van der Waals surface area contributed by atoms with Gasteiger partial charge in [-0.2, -0.15) is 0 Å². The van der Waals surface area contributed by atoms with Gasteiger partial charge in [0.2, 0.25) is 5.91 Å². The van der Waals surface area contributed by atoms with E-state index in [0.29, 0.717) is 6.54 Å². The van der Waals surface area contributed by atoms with Gasteiger partial charge in [0.15, 0.2) is 0 Å². The number of likely N-dealkylation sites (N-methyl/N-ethyl adjacent to an activating group) is 2. The minimum absolute atomic E-state index is 0.0404. The van der Waals surface area contributed by atoms with Gasteiger partial charge in [-0.1, -0.05) is 0 Å². The third-order valence-corrected chi connectivity index (χ3v) is 3.72. The van der Waals surface area contributed by atoms with Crippen LogP contribution in [-0.4, -0.2) is 38.3 Å². The monoisotopic (exact) mass is 313 g/mol. The van der Waals surface area contributed by atoms with Gasteiger partial charge in [0.05, 0.1) is 12.3 Å². The third kappa shape index (κ3) is 2.23. The fraction of sp³-hybridized carbons (Fsp3) is 0.417. The van der Waals surface area contributed by atoms with E-state index in [2.05, 4.69) is 26.6 Å². The largest absolute Gasteiger partial charge is 0.395 e. The molecule has 18 heavy (non-hydrogen) atoms. The zero-order chi connectivity index (χ0) is 13.3. The van der Waals surface area contributed by atoms with Crippen molar-refractivity contribution in [1.29, 1.82) is 0 Å². The molecule has 0 radical (unpaired) electrons. The summed E-state index contributed by atoms with van der Waals surface area (Å²) in [5.74, 6) is -0.0404. The summed E-state index contributed by atoms with van der Waals surface area (Å²) in [7, 11) is 3.66. The number of aliphatic hydroxyl groups is 1. The SMILES string of the molecule is CNC1C(=O)Nc2cc(N(C)CCO)c(Br)cc21. The number of nitrogens with one attached hydrogen (secondary N) is 2. The summed E-state index contributed by atoms with van der Waals surface area (Å²) >= 11 is 3.51. The van der Waals surface area contributed by atoms with E-state index in [1.807, 2.05) is 24.1 Å². The molecule has 1 aliphatic heterocycles. The van der Waals surface area contributed by atoms with Crippen LogP contribution in [0.5, 0.6) is 0 Å². The molecule has 1 aromatic rings. The van der Waals surface area contributed by atoms with Gasteiger partial charge in [-0.15, -0.1) is 0 Å². The smallest absolute Gasteiger partial charge is 0.246 e. The number of hydrogen-bond donors (Lipinski definition) is 3. The molecule has 0 aromatic heterocycles. The first kappa shape index (κ1) is 13.3. The van der Waals surface area contributed by atoms with E-state index in [-0.39, 0.29) is 18.6 Å². The topological polar surface area (TPSA) is 64.6 Å². The van der Waals surface area contributed by atoms with Crippen LogP contribution in [0.4, 0.5) is 11.4 Å². The second kappa shape index (κ2) is 5.26. The molecule has 0 fully saturated rings. The normalized spacial score (nSPS) is 17.6. The van der Waals surface area contributed by atoms with E-state index in [0.717, 1.165) is 21.4 Å². The highest BCUT2D eigenvalue weighted by Gasteiger charge is 2.30. The molecule has 5 nitrogen and oxygen atoms in total. The maximum atomic E-state index is 11.7. The molecule has 0 spiro atoms. The van der Waals surface area contributed by atoms with Crippen LogP contribution in [0.1, 0.15) is 11.6 Å². The third-order valence-electron chi connectivity index (χ3n) is 3.09. The number of benzene rings is 1. The Kier molecular flexibility index (Phi) is 3.89. The summed E-state index contributed by atoms with van der Waals surface area (Å²) in [5.41, 5.74) is 2.71. The van der Waals surface area contributed by atoms with E-state index in [9.17, 15) is 4.79 Å². The lowest BCUT2D eigenvalue weighted by atomic mass is 10.1. The molecule has 6 heteroatoms. The zero-order valence-electron chi connectivity index (χ0n) is 10.3. The Morgan fingerprint density at radius 1 is 1.56 bits per heavy atom. The number of carbonyl (C=O) groups excluding carboxylic acids is 1. The van der Waals surface area contributed by atoms with Gasteiger partial charge >= 0.3 is 0 Å². The average Bonchev–Trinajstić information content (AvgIpc) is 2.63. The first-order valence-corrected chi connectivity index (χ1v) is 6.51. The molecule has 3 N–H and O–H groups in total. The Bertz CT molecular complexity index is 479. The summed E-state index contributed by atoms with van der Waals surface area (Å²) < 4.78 is 0.911. The second-order valence-corrected chi connectivity index (χ2v) is 5.10. The highest BCUT2D eigenvalue weighted by Crippen LogP contribution is 2.38. The number of amides is 1. The van der Waals surface area contributed by atoms with Crippen molar-refractivity contribution in [3.8, 4) is 0 Å². The predicted octanol–water partition coefficient (Wildman–Crippen LogP) is 1.09. The van der Waals surface area contributed by atoms with Crippen molar-refractivity contribution in [2.24, 2.45) is 0 Å². The molecule has 1 unspecified atom stereocenters. The van der Waals surface area contributed by atoms with Crippen molar-refractivity contribution in [3.63, 3.8) is 0 Å². The molecule has 1 aromatic carbocycles. The van der Waals surface area contributed by atoms with Gasteiger partial charge in [0, 0.05) is 29.3 Å². The Hall–Kier alpha value is -1.11. The minimum atomic E-state index is -0.298. The van der Waals surface area contributed by atoms with E-state index >= 15 is 0 Å². The van der Waals surface area contributed by atoms with E-state index < -0.39 is 0 Å². The van der Waals surface area contributed by atoms with Crippen molar-refractivity contribution < 1.29 is 9.90 Å². The zero-order valence-corrected chi connectivity index (χ0v) is 11.9. The molecule has 1 heterocycles. The quantitative estimate of drug-likeness (QED) is 0.778. The number of carbonyl (C=O) groups is 1. The van der Waals surface area contributed by atoms with Crippen LogP contribution < -0.4 is 15.5 Å². The Morgan fingerprint density at radius 2 is 2.28 bits per heavy atom. The average molecular weight is 314 g/mol. The van der Waals surface area contributed by atoms with Gasteiger partial charge in [-0.25, -0.2) is 0 Å². The van der Waals surface area contributed by atoms with Gasteiger partial charge in [0.25, 0.3) is 0 Å². The number of anilines is 2. The van der Waals surface area contributed by atoms with Crippen molar-refractivity contribution >= 4 is 33.2 Å². The fourth-order valence-electron chi connectivity index (χ4n) is 2.12. The van der Waals surface area contributed by atoms with Crippen LogP contribution in [0.3, 0.4) is 0 Å². The second-order valence-electron chi connectivity index (χ2n) is 4.25. The molecule has 0 saturated carbocycles. The predicted molar refractivity (Wildman–Crippen MR) is 74.9 cm³/mol. The summed E-state index contributed by atoms with van der Waals surface area (Å²) in [5, 5.41) is 14.8. The Morgan fingerprint density at radius 3 is 2.89 bits per heavy atom. The van der Waals surface area contributed by atoms with Crippen LogP contribution in [-0.2, 0) is 4.79 Å². The van der Waals surface area contributed by atoms with Crippen LogP contribution >= 0.6 is 15.9 Å². The lowest BCUT2D eigenvalue weighted by molar-refractivity contribution is -0.117. The van der Waals surface area contributed by atoms with Crippen molar-refractivity contribution in [2.75, 3.05) is 37.5 Å². The lowest BCUT2D eigenvalue weighted by Gasteiger charge is -2.20. The fourth-order valence-corrected chi connectivity index (χ4v) is 2.78. The number of nitrogens with zero attached hydrogens (tertiary/aromatic N) is 1. The molecular formula is C12H16BrN3O2. The van der Waals surface area contributed by atoms with Crippen molar-refractivity contribution in [3.05, 3.63) is 22.2 Å². The molecule has 1 atom stereocenters. The van der Waals surface area contributed by atoms with Crippen molar-refractivity contribution in [1.82, 2.24) is 5.32 Å². The van der Waals surface area contributed by atoms with Gasteiger partial charge in [-0.05, 0) is 35.1 Å².